The molecule has 0 spiro atoms. The van der Waals surface area contributed by atoms with Crippen molar-refractivity contribution in [1.29, 1.82) is 0 Å². The first-order valence-corrected chi connectivity index (χ1v) is 7.41. The summed E-state index contributed by atoms with van der Waals surface area (Å²) in [5, 5.41) is 8.17. The van der Waals surface area contributed by atoms with Gasteiger partial charge in [-0.15, -0.1) is 11.8 Å². The average Bonchev–Trinajstić information content (AvgIpc) is 2.83. The Kier molecular flexibility index (Phi) is 4.94. The van der Waals surface area contributed by atoms with Gasteiger partial charge >= 0.3 is 0 Å². The number of benzene rings is 1. The number of H-pyrrole nitrogens is 1. The zero-order valence-corrected chi connectivity index (χ0v) is 11.3. The summed E-state index contributed by atoms with van der Waals surface area (Å²) in [6, 6.07) is 10.5. The minimum absolute atomic E-state index is 0.555. The molecule has 2 rings (SSSR count). The van der Waals surface area contributed by atoms with E-state index in [9.17, 15) is 0 Å². The molecule has 0 bridgehead atoms. The lowest BCUT2D eigenvalue weighted by atomic mass is 10.4. The van der Waals surface area contributed by atoms with Crippen molar-refractivity contribution in [3.05, 3.63) is 36.7 Å². The third-order valence-electron chi connectivity index (χ3n) is 2.24. The number of nitrogens with one attached hydrogen (secondary N) is 1. The first kappa shape index (κ1) is 12.5. The number of rotatable bonds is 6. The van der Waals surface area contributed by atoms with Crippen molar-refractivity contribution >= 4 is 23.5 Å². The number of hydrogen-bond acceptors (Lipinski definition) is 4. The largest absolute Gasteiger partial charge is 0.254 e. The van der Waals surface area contributed by atoms with Crippen LogP contribution in [0.1, 0.15) is 13.3 Å². The normalized spacial score (nSPS) is 12.5. The second-order valence-corrected chi connectivity index (χ2v) is 6.26. The van der Waals surface area contributed by atoms with E-state index in [1.54, 1.807) is 18.1 Å². The minimum atomic E-state index is 0.555. The molecule has 1 N–H and O–H groups in total. The molecule has 2 aromatic rings. The van der Waals surface area contributed by atoms with Gasteiger partial charge in [0, 0.05) is 10.1 Å². The third kappa shape index (κ3) is 4.44. The molecule has 3 nitrogen and oxygen atoms in total. The maximum atomic E-state index is 4.11. The Balaban J connectivity index is 1.68. The van der Waals surface area contributed by atoms with E-state index in [1.165, 1.54) is 4.90 Å². The molecule has 90 valence electrons. The number of aromatic amines is 1. The molecule has 5 heteroatoms. The molecule has 0 fully saturated rings. The molecule has 0 aliphatic carbocycles. The summed E-state index contributed by atoms with van der Waals surface area (Å²) < 4.78 is 0. The van der Waals surface area contributed by atoms with Crippen molar-refractivity contribution in [2.75, 3.05) is 5.75 Å². The predicted molar refractivity (Wildman–Crippen MR) is 73.5 cm³/mol. The molecular formula is C12H15N3S2. The van der Waals surface area contributed by atoms with Crippen molar-refractivity contribution in [2.24, 2.45) is 0 Å². The lowest BCUT2D eigenvalue weighted by Crippen LogP contribution is -1.98. The minimum Gasteiger partial charge on any atom is -0.254 e. The van der Waals surface area contributed by atoms with Crippen LogP contribution in [0.4, 0.5) is 0 Å². The van der Waals surface area contributed by atoms with E-state index in [2.05, 4.69) is 46.4 Å². The van der Waals surface area contributed by atoms with Crippen LogP contribution in [0.15, 0.2) is 46.7 Å². The first-order chi connectivity index (χ1) is 8.34. The Morgan fingerprint density at radius 2 is 2.12 bits per heavy atom. The lowest BCUT2D eigenvalue weighted by molar-refractivity contribution is 0.896. The molecule has 0 saturated carbocycles. The number of thioether (sulfide) groups is 2. The second kappa shape index (κ2) is 6.71. The molecule has 1 aromatic carbocycles. The molecule has 1 atom stereocenters. The Hall–Kier alpha value is -0.940. The van der Waals surface area contributed by atoms with E-state index in [0.29, 0.717) is 5.25 Å². The summed E-state index contributed by atoms with van der Waals surface area (Å²) >= 11 is 3.64. The maximum Gasteiger partial charge on any atom is 0.183 e. The van der Waals surface area contributed by atoms with Gasteiger partial charge in [0.25, 0.3) is 0 Å². The van der Waals surface area contributed by atoms with Gasteiger partial charge in [0.2, 0.25) is 0 Å². The van der Waals surface area contributed by atoms with Crippen molar-refractivity contribution in [3.63, 3.8) is 0 Å². The van der Waals surface area contributed by atoms with Crippen molar-refractivity contribution in [2.45, 2.75) is 28.6 Å². The van der Waals surface area contributed by atoms with Crippen LogP contribution in [-0.4, -0.2) is 26.2 Å². The summed E-state index contributed by atoms with van der Waals surface area (Å²) in [5.41, 5.74) is 0. The summed E-state index contributed by atoms with van der Waals surface area (Å²) in [6.07, 6.45) is 2.71. The number of aromatic nitrogens is 3. The zero-order chi connectivity index (χ0) is 11.9. The standard InChI is InChI=1S/C12H15N3S2/c1-10(17-12-13-9-14-15-12)7-8-16-11-5-3-2-4-6-11/h2-6,9-10H,7-8H2,1H3,(H,13,14,15)/t10-/m1/s1. The van der Waals surface area contributed by atoms with Crippen LogP contribution in [0.5, 0.6) is 0 Å². The third-order valence-corrected chi connectivity index (χ3v) is 4.35. The van der Waals surface area contributed by atoms with Crippen molar-refractivity contribution in [3.8, 4) is 0 Å². The highest BCUT2D eigenvalue weighted by atomic mass is 32.2. The smallest absolute Gasteiger partial charge is 0.183 e. The van der Waals surface area contributed by atoms with E-state index in [4.69, 9.17) is 0 Å². The average molecular weight is 265 g/mol. The van der Waals surface area contributed by atoms with Gasteiger partial charge in [-0.2, -0.15) is 5.10 Å². The topological polar surface area (TPSA) is 41.6 Å². The predicted octanol–water partition coefficient (Wildman–Crippen LogP) is 3.47. The summed E-state index contributed by atoms with van der Waals surface area (Å²) in [6.45, 7) is 2.22. The first-order valence-electron chi connectivity index (χ1n) is 5.54. The van der Waals surface area contributed by atoms with Crippen LogP contribution in [0, 0.1) is 0 Å². The van der Waals surface area contributed by atoms with Gasteiger partial charge in [-0.05, 0) is 24.3 Å². The van der Waals surface area contributed by atoms with Crippen LogP contribution in [0.2, 0.25) is 0 Å². The van der Waals surface area contributed by atoms with Crippen molar-refractivity contribution < 1.29 is 0 Å². The highest BCUT2D eigenvalue weighted by molar-refractivity contribution is 8.00. The summed E-state index contributed by atoms with van der Waals surface area (Å²) in [7, 11) is 0. The maximum absolute atomic E-state index is 4.11. The van der Waals surface area contributed by atoms with Crippen LogP contribution < -0.4 is 0 Å². The van der Waals surface area contributed by atoms with Gasteiger partial charge in [0.05, 0.1) is 0 Å². The highest BCUT2D eigenvalue weighted by Gasteiger charge is 2.06. The molecular weight excluding hydrogens is 250 g/mol. The molecule has 0 amide bonds. The Morgan fingerprint density at radius 3 is 2.82 bits per heavy atom. The molecule has 17 heavy (non-hydrogen) atoms. The number of nitrogens with zero attached hydrogens (tertiary/aromatic N) is 2. The van der Waals surface area contributed by atoms with Gasteiger partial charge in [-0.1, -0.05) is 36.9 Å². The molecule has 0 unspecified atom stereocenters. The van der Waals surface area contributed by atoms with Crippen LogP contribution >= 0.6 is 23.5 Å². The van der Waals surface area contributed by atoms with Crippen LogP contribution in [0.25, 0.3) is 0 Å². The fraction of sp³-hybridized carbons (Fsp3) is 0.333. The molecule has 0 saturated heterocycles. The number of hydrogen-bond donors (Lipinski definition) is 1. The van der Waals surface area contributed by atoms with Crippen molar-refractivity contribution in [1.82, 2.24) is 15.2 Å². The fourth-order valence-corrected chi connectivity index (χ4v) is 3.40. The van der Waals surface area contributed by atoms with Crippen LogP contribution in [0.3, 0.4) is 0 Å². The summed E-state index contributed by atoms with van der Waals surface area (Å²) in [4.78, 5) is 5.45. The molecule has 0 aliphatic heterocycles. The zero-order valence-electron chi connectivity index (χ0n) is 9.67. The van der Waals surface area contributed by atoms with Gasteiger partial charge < -0.3 is 0 Å². The SMILES string of the molecule is C[C@H](CCSc1ccccc1)Sc1ncn[nH]1. The lowest BCUT2D eigenvalue weighted by Gasteiger charge is -2.08. The van der Waals surface area contributed by atoms with Gasteiger partial charge in [-0.3, -0.25) is 5.10 Å². The van der Waals surface area contributed by atoms with Crippen LogP contribution in [-0.2, 0) is 0 Å². The molecule has 1 heterocycles. The summed E-state index contributed by atoms with van der Waals surface area (Å²) in [5.74, 6) is 1.13. The highest BCUT2D eigenvalue weighted by Crippen LogP contribution is 2.24. The molecule has 0 aliphatic rings. The quantitative estimate of drug-likeness (QED) is 0.812. The Bertz CT molecular complexity index is 417. The van der Waals surface area contributed by atoms with E-state index in [0.717, 1.165) is 17.3 Å². The van der Waals surface area contributed by atoms with Gasteiger partial charge in [-0.25, -0.2) is 4.98 Å². The van der Waals surface area contributed by atoms with E-state index in [1.807, 2.05) is 17.8 Å². The van der Waals surface area contributed by atoms with E-state index >= 15 is 0 Å². The van der Waals surface area contributed by atoms with Gasteiger partial charge in [0.15, 0.2) is 5.16 Å². The Labute approximate surface area is 110 Å². The van der Waals surface area contributed by atoms with Gasteiger partial charge in [0.1, 0.15) is 6.33 Å². The monoisotopic (exact) mass is 265 g/mol. The fourth-order valence-electron chi connectivity index (χ4n) is 1.36. The second-order valence-electron chi connectivity index (χ2n) is 3.67. The molecule has 0 radical (unpaired) electrons. The molecule has 1 aromatic heterocycles. The van der Waals surface area contributed by atoms with E-state index < -0.39 is 0 Å². The van der Waals surface area contributed by atoms with E-state index in [-0.39, 0.29) is 0 Å². The Morgan fingerprint density at radius 1 is 1.29 bits per heavy atom.